The van der Waals surface area contributed by atoms with Gasteiger partial charge in [0.05, 0.1) is 8.07 Å². The molecule has 2 nitrogen and oxygen atoms in total. The summed E-state index contributed by atoms with van der Waals surface area (Å²) in [7, 11) is -2.65. The Morgan fingerprint density at radius 3 is 2.58 bits per heavy atom. The fourth-order valence-electron chi connectivity index (χ4n) is 2.90. The van der Waals surface area contributed by atoms with E-state index in [0.29, 0.717) is 0 Å². The van der Waals surface area contributed by atoms with Crippen LogP contribution in [0.3, 0.4) is 0 Å². The molecule has 106 valence electrons. The second kappa shape index (κ2) is 5.52. The Bertz CT molecular complexity index is 440. The summed E-state index contributed by atoms with van der Waals surface area (Å²) in [5, 5.41) is 1.65. The molecule has 4 heteroatoms. The first-order valence-corrected chi connectivity index (χ1v) is 13.8. The Hall–Kier alpha value is -0.426. The van der Waals surface area contributed by atoms with Gasteiger partial charge < -0.3 is 4.43 Å². The summed E-state index contributed by atoms with van der Waals surface area (Å²) < 4.78 is 6.00. The van der Waals surface area contributed by atoms with Gasteiger partial charge in [0.15, 0.2) is 8.32 Å². The minimum Gasteiger partial charge on any atom is -0.416 e. The highest BCUT2D eigenvalue weighted by Crippen LogP contribution is 2.18. The Morgan fingerprint density at radius 2 is 1.89 bits per heavy atom. The molecule has 0 saturated carbocycles. The first-order valence-electron chi connectivity index (χ1n) is 7.23. The maximum Gasteiger partial charge on any atom is 0.183 e. The number of benzene rings is 1. The van der Waals surface area contributed by atoms with E-state index in [9.17, 15) is 0 Å². The minimum absolute atomic E-state index is 0.891. The third kappa shape index (κ3) is 4.02. The first kappa shape index (κ1) is 15.0. The molecule has 1 aromatic rings. The highest BCUT2D eigenvalue weighted by Gasteiger charge is 2.33. The minimum atomic E-state index is -1.36. The lowest BCUT2D eigenvalue weighted by Crippen LogP contribution is -2.58. The highest BCUT2D eigenvalue weighted by atomic mass is 28.4. The van der Waals surface area contributed by atoms with E-state index in [1.807, 2.05) is 0 Å². The average Bonchev–Trinajstić information content (AvgIpc) is 2.26. The Kier molecular flexibility index (Phi) is 4.35. The topological polar surface area (TPSA) is 12.5 Å². The van der Waals surface area contributed by atoms with Crippen molar-refractivity contribution < 1.29 is 4.43 Å². The fraction of sp³-hybridized carbons (Fsp3) is 0.600. The van der Waals surface area contributed by atoms with E-state index in [1.54, 1.807) is 10.8 Å². The molecule has 0 unspecified atom stereocenters. The monoisotopic (exact) mass is 293 g/mol. The molecule has 1 aliphatic rings. The predicted octanol–water partition coefficient (Wildman–Crippen LogP) is 2.81. The number of hydrogen-bond donors (Lipinski definition) is 0. The molecule has 0 saturated heterocycles. The molecule has 0 aliphatic carbocycles. The second-order valence-electron chi connectivity index (χ2n) is 7.21. The molecular formula is C15H27NOSi2. The molecule has 1 aromatic carbocycles. The molecule has 0 radical (unpaired) electrons. The number of hydrogen-bond acceptors (Lipinski definition) is 2. The van der Waals surface area contributed by atoms with Crippen LogP contribution in [0.5, 0.6) is 0 Å². The standard InChI is InChI=1S/C15H27NOSi2/c1-18(2,3)17-11-10-16-12-14-8-6-7-9-15(14)19(4,5)13-16/h6-9H,10-13H2,1-5H3. The molecule has 19 heavy (non-hydrogen) atoms. The van der Waals surface area contributed by atoms with E-state index in [0.717, 1.165) is 19.7 Å². The van der Waals surface area contributed by atoms with E-state index in [4.69, 9.17) is 4.43 Å². The van der Waals surface area contributed by atoms with Crippen molar-refractivity contribution in [1.82, 2.24) is 4.90 Å². The van der Waals surface area contributed by atoms with Gasteiger partial charge >= 0.3 is 0 Å². The van der Waals surface area contributed by atoms with Crippen molar-refractivity contribution in [3.63, 3.8) is 0 Å². The highest BCUT2D eigenvalue weighted by molar-refractivity contribution is 6.90. The molecule has 0 bridgehead atoms. The largest absolute Gasteiger partial charge is 0.416 e. The van der Waals surface area contributed by atoms with Crippen LogP contribution in [0.2, 0.25) is 32.7 Å². The van der Waals surface area contributed by atoms with Crippen molar-refractivity contribution >= 4 is 21.6 Å². The lowest BCUT2D eigenvalue weighted by Gasteiger charge is -2.39. The molecular weight excluding hydrogens is 266 g/mol. The van der Waals surface area contributed by atoms with Crippen LogP contribution in [-0.4, -0.2) is 40.6 Å². The maximum atomic E-state index is 6.00. The molecule has 0 N–H and O–H groups in total. The molecule has 0 aromatic heterocycles. The van der Waals surface area contributed by atoms with Gasteiger partial charge in [-0.3, -0.25) is 4.90 Å². The van der Waals surface area contributed by atoms with Gasteiger partial charge in [0.25, 0.3) is 0 Å². The zero-order valence-corrected chi connectivity index (χ0v) is 15.0. The van der Waals surface area contributed by atoms with Crippen LogP contribution in [0.15, 0.2) is 24.3 Å². The summed E-state index contributed by atoms with van der Waals surface area (Å²) >= 11 is 0. The van der Waals surface area contributed by atoms with Gasteiger partial charge in [-0.2, -0.15) is 0 Å². The van der Waals surface area contributed by atoms with E-state index in [1.165, 1.54) is 6.17 Å². The summed E-state index contributed by atoms with van der Waals surface area (Å²) in [5.41, 5.74) is 1.54. The third-order valence-electron chi connectivity index (χ3n) is 3.70. The Morgan fingerprint density at radius 1 is 1.21 bits per heavy atom. The zero-order chi connectivity index (χ0) is 14.1. The van der Waals surface area contributed by atoms with Crippen molar-refractivity contribution in [1.29, 1.82) is 0 Å². The van der Waals surface area contributed by atoms with Crippen LogP contribution in [-0.2, 0) is 11.0 Å². The van der Waals surface area contributed by atoms with Crippen molar-refractivity contribution in [2.75, 3.05) is 19.3 Å². The quantitative estimate of drug-likeness (QED) is 0.792. The second-order valence-corrected chi connectivity index (χ2v) is 16.3. The van der Waals surface area contributed by atoms with Crippen LogP contribution < -0.4 is 5.19 Å². The van der Waals surface area contributed by atoms with E-state index < -0.39 is 16.4 Å². The molecule has 0 atom stereocenters. The lowest BCUT2D eigenvalue weighted by atomic mass is 10.2. The fourth-order valence-corrected chi connectivity index (χ4v) is 6.74. The average molecular weight is 294 g/mol. The van der Waals surface area contributed by atoms with E-state index in [-0.39, 0.29) is 0 Å². The zero-order valence-electron chi connectivity index (χ0n) is 13.0. The van der Waals surface area contributed by atoms with Crippen molar-refractivity contribution in [2.24, 2.45) is 0 Å². The summed E-state index contributed by atoms with van der Waals surface area (Å²) in [6.07, 6.45) is 1.26. The van der Waals surface area contributed by atoms with Gasteiger partial charge in [-0.1, -0.05) is 42.5 Å². The molecule has 1 heterocycles. The van der Waals surface area contributed by atoms with Gasteiger partial charge in [0.1, 0.15) is 0 Å². The molecule has 1 aliphatic heterocycles. The van der Waals surface area contributed by atoms with Gasteiger partial charge in [-0.25, -0.2) is 0 Å². The predicted molar refractivity (Wildman–Crippen MR) is 88.1 cm³/mol. The SMILES string of the molecule is C[Si](C)(C)OCCN1Cc2ccccc2[Si](C)(C)C1. The third-order valence-corrected chi connectivity index (χ3v) is 7.96. The van der Waals surface area contributed by atoms with Crippen molar-refractivity contribution in [3.05, 3.63) is 29.8 Å². The van der Waals surface area contributed by atoms with Gasteiger partial charge in [-0.05, 0) is 31.4 Å². The molecule has 0 fully saturated rings. The van der Waals surface area contributed by atoms with Crippen LogP contribution in [0.25, 0.3) is 0 Å². The number of nitrogens with zero attached hydrogens (tertiary/aromatic N) is 1. The molecule has 2 rings (SSSR count). The van der Waals surface area contributed by atoms with Gasteiger partial charge in [-0.15, -0.1) is 0 Å². The maximum absolute atomic E-state index is 6.00. The van der Waals surface area contributed by atoms with Crippen molar-refractivity contribution in [2.45, 2.75) is 39.3 Å². The summed E-state index contributed by atoms with van der Waals surface area (Å²) in [6, 6.07) is 9.01. The summed E-state index contributed by atoms with van der Waals surface area (Å²) in [4.78, 5) is 2.59. The normalized spacial score (nSPS) is 19.2. The summed E-state index contributed by atoms with van der Waals surface area (Å²) in [5.74, 6) is 0. The van der Waals surface area contributed by atoms with E-state index >= 15 is 0 Å². The number of rotatable bonds is 4. The molecule has 0 amide bonds. The summed E-state index contributed by atoms with van der Waals surface area (Å²) in [6.45, 7) is 14.8. The van der Waals surface area contributed by atoms with Crippen LogP contribution in [0, 0.1) is 0 Å². The van der Waals surface area contributed by atoms with Crippen LogP contribution >= 0.6 is 0 Å². The van der Waals surface area contributed by atoms with Gasteiger partial charge in [0.2, 0.25) is 0 Å². The van der Waals surface area contributed by atoms with Gasteiger partial charge in [0, 0.05) is 19.7 Å². The van der Waals surface area contributed by atoms with Crippen molar-refractivity contribution in [3.8, 4) is 0 Å². The Labute approximate surface area is 119 Å². The Balaban J connectivity index is 2.00. The van der Waals surface area contributed by atoms with E-state index in [2.05, 4.69) is 61.9 Å². The number of fused-ring (bicyclic) bond motifs is 1. The first-order chi connectivity index (χ1) is 8.78. The molecule has 0 spiro atoms. The van der Waals surface area contributed by atoms with Crippen LogP contribution in [0.1, 0.15) is 5.56 Å². The van der Waals surface area contributed by atoms with Crippen LogP contribution in [0.4, 0.5) is 0 Å². The smallest absolute Gasteiger partial charge is 0.183 e. The lowest BCUT2D eigenvalue weighted by molar-refractivity contribution is 0.216.